The Hall–Kier alpha value is -2.17. The van der Waals surface area contributed by atoms with Gasteiger partial charge < -0.3 is 9.26 Å². The molecule has 2 rings (SSSR count). The number of nitrogens with zero attached hydrogens (tertiary/aromatic N) is 2. The molecule has 5 nitrogen and oxygen atoms in total. The summed E-state index contributed by atoms with van der Waals surface area (Å²) in [5.41, 5.74) is 1.12. The first-order valence-electron chi connectivity index (χ1n) is 4.55. The van der Waals surface area contributed by atoms with Crippen molar-refractivity contribution >= 4 is 5.97 Å². The Balaban J connectivity index is 2.39. The Morgan fingerprint density at radius 1 is 1.50 bits per heavy atom. The molecule has 0 unspecified atom stereocenters. The van der Waals surface area contributed by atoms with Crippen LogP contribution in [0.2, 0.25) is 0 Å². The minimum atomic E-state index is -0.403. The predicted octanol–water partition coefficient (Wildman–Crippen LogP) is 1.71. The summed E-state index contributed by atoms with van der Waals surface area (Å²) in [5.74, 6) is 0.231. The summed E-state index contributed by atoms with van der Waals surface area (Å²) in [4.78, 5) is 15.3. The molecular formula is C11H9N2O3. The van der Waals surface area contributed by atoms with Gasteiger partial charge in [-0.15, -0.1) is 0 Å². The highest BCUT2D eigenvalue weighted by molar-refractivity contribution is 5.90. The van der Waals surface area contributed by atoms with Crippen molar-refractivity contribution in [3.8, 4) is 11.4 Å². The van der Waals surface area contributed by atoms with Crippen molar-refractivity contribution in [1.29, 1.82) is 0 Å². The van der Waals surface area contributed by atoms with E-state index in [9.17, 15) is 4.79 Å². The van der Waals surface area contributed by atoms with Gasteiger partial charge in [0.05, 0.1) is 12.7 Å². The minimum Gasteiger partial charge on any atom is -0.465 e. The van der Waals surface area contributed by atoms with Crippen molar-refractivity contribution in [2.24, 2.45) is 0 Å². The minimum absolute atomic E-state index is 0.235. The molecule has 0 aliphatic carbocycles. The second-order valence-electron chi connectivity index (χ2n) is 3.08. The third-order valence-electron chi connectivity index (χ3n) is 2.01. The van der Waals surface area contributed by atoms with Crippen molar-refractivity contribution in [3.05, 3.63) is 42.6 Å². The Kier molecular flexibility index (Phi) is 2.68. The van der Waals surface area contributed by atoms with Gasteiger partial charge in [0.15, 0.2) is 0 Å². The van der Waals surface area contributed by atoms with E-state index in [-0.39, 0.29) is 5.89 Å². The number of ether oxygens (including phenoxy) is 1. The summed E-state index contributed by atoms with van der Waals surface area (Å²) < 4.78 is 9.37. The van der Waals surface area contributed by atoms with Crippen LogP contribution < -0.4 is 0 Å². The molecule has 5 heteroatoms. The van der Waals surface area contributed by atoms with Gasteiger partial charge >= 0.3 is 5.97 Å². The van der Waals surface area contributed by atoms with Gasteiger partial charge in [0.1, 0.15) is 0 Å². The molecular weight excluding hydrogens is 208 g/mol. The number of benzene rings is 1. The number of carbonyl (C=O) groups excluding carboxylic acids is 1. The predicted molar refractivity (Wildman–Crippen MR) is 55.5 cm³/mol. The maximum absolute atomic E-state index is 11.3. The van der Waals surface area contributed by atoms with Crippen LogP contribution in [0.5, 0.6) is 0 Å². The van der Waals surface area contributed by atoms with E-state index < -0.39 is 5.97 Å². The summed E-state index contributed by atoms with van der Waals surface area (Å²) in [6.07, 6.45) is 0. The van der Waals surface area contributed by atoms with Gasteiger partial charge in [0, 0.05) is 12.5 Å². The van der Waals surface area contributed by atoms with Crippen molar-refractivity contribution in [1.82, 2.24) is 10.1 Å². The largest absolute Gasteiger partial charge is 0.465 e. The number of methoxy groups -OCH3 is 1. The van der Waals surface area contributed by atoms with E-state index in [0.29, 0.717) is 17.0 Å². The SMILES string of the molecule is [CH2]c1nc(-c2cccc(C(=O)OC)c2)no1. The Bertz CT molecular complexity index is 519. The van der Waals surface area contributed by atoms with Crippen molar-refractivity contribution in [2.45, 2.75) is 0 Å². The van der Waals surface area contributed by atoms with Crippen LogP contribution in [0.25, 0.3) is 11.4 Å². The van der Waals surface area contributed by atoms with Gasteiger partial charge in [-0.25, -0.2) is 4.79 Å². The van der Waals surface area contributed by atoms with Crippen LogP contribution in [0.3, 0.4) is 0 Å². The van der Waals surface area contributed by atoms with Gasteiger partial charge in [-0.2, -0.15) is 4.98 Å². The first-order chi connectivity index (χ1) is 7.70. The summed E-state index contributed by atoms with van der Waals surface area (Å²) in [6, 6.07) is 6.79. The van der Waals surface area contributed by atoms with E-state index in [4.69, 9.17) is 4.52 Å². The molecule has 0 bridgehead atoms. The fourth-order valence-corrected chi connectivity index (χ4v) is 1.28. The molecule has 0 spiro atoms. The first kappa shape index (κ1) is 10.4. The highest BCUT2D eigenvalue weighted by atomic mass is 16.5. The van der Waals surface area contributed by atoms with Gasteiger partial charge in [-0.05, 0) is 12.1 Å². The van der Waals surface area contributed by atoms with Crippen LogP contribution in [0, 0.1) is 6.92 Å². The number of carbonyl (C=O) groups is 1. The molecule has 0 aliphatic heterocycles. The van der Waals surface area contributed by atoms with Crippen LogP contribution in [0.4, 0.5) is 0 Å². The lowest BCUT2D eigenvalue weighted by atomic mass is 10.1. The highest BCUT2D eigenvalue weighted by Gasteiger charge is 2.09. The van der Waals surface area contributed by atoms with E-state index in [0.717, 1.165) is 0 Å². The Morgan fingerprint density at radius 3 is 2.94 bits per heavy atom. The lowest BCUT2D eigenvalue weighted by Crippen LogP contribution is -2.00. The zero-order valence-corrected chi connectivity index (χ0v) is 8.64. The standard InChI is InChI=1S/C11H9N2O3/c1-7-12-10(13-16-7)8-4-3-5-9(6-8)11(14)15-2/h3-6H,1H2,2H3. The molecule has 1 aromatic carbocycles. The Labute approximate surface area is 92.0 Å². The zero-order valence-electron chi connectivity index (χ0n) is 8.64. The molecule has 81 valence electrons. The van der Waals surface area contributed by atoms with Crippen LogP contribution >= 0.6 is 0 Å². The first-order valence-corrected chi connectivity index (χ1v) is 4.55. The summed E-state index contributed by atoms with van der Waals surface area (Å²) in [6.45, 7) is 3.51. The molecule has 0 fully saturated rings. The van der Waals surface area contributed by atoms with Gasteiger partial charge in [0.25, 0.3) is 0 Å². The molecule has 0 saturated heterocycles. The number of rotatable bonds is 2. The lowest BCUT2D eigenvalue weighted by Gasteiger charge is -2.00. The smallest absolute Gasteiger partial charge is 0.337 e. The number of hydrogen-bond donors (Lipinski definition) is 0. The fraction of sp³-hybridized carbons (Fsp3) is 0.0909. The highest BCUT2D eigenvalue weighted by Crippen LogP contribution is 2.17. The third-order valence-corrected chi connectivity index (χ3v) is 2.01. The number of aromatic nitrogens is 2. The average Bonchev–Trinajstić information content (AvgIpc) is 2.75. The molecule has 1 radical (unpaired) electrons. The second-order valence-corrected chi connectivity index (χ2v) is 3.08. The number of hydrogen-bond acceptors (Lipinski definition) is 5. The van der Waals surface area contributed by atoms with Crippen molar-refractivity contribution in [3.63, 3.8) is 0 Å². The lowest BCUT2D eigenvalue weighted by molar-refractivity contribution is 0.0601. The monoisotopic (exact) mass is 217 g/mol. The molecule has 0 amide bonds. The van der Waals surface area contributed by atoms with Crippen LogP contribution in [-0.4, -0.2) is 23.2 Å². The molecule has 2 aromatic rings. The number of esters is 1. The van der Waals surface area contributed by atoms with E-state index >= 15 is 0 Å². The van der Waals surface area contributed by atoms with Gasteiger partial charge in [0.2, 0.25) is 11.7 Å². The van der Waals surface area contributed by atoms with Crippen molar-refractivity contribution in [2.75, 3.05) is 7.11 Å². The fourth-order valence-electron chi connectivity index (χ4n) is 1.28. The van der Waals surface area contributed by atoms with E-state index in [1.54, 1.807) is 24.3 Å². The molecule has 1 aromatic heterocycles. The average molecular weight is 217 g/mol. The van der Waals surface area contributed by atoms with E-state index in [2.05, 4.69) is 21.8 Å². The normalized spacial score (nSPS) is 10.1. The van der Waals surface area contributed by atoms with Crippen LogP contribution in [0.15, 0.2) is 28.8 Å². The quantitative estimate of drug-likeness (QED) is 0.716. The Morgan fingerprint density at radius 2 is 2.31 bits per heavy atom. The molecule has 0 atom stereocenters. The summed E-state index contributed by atoms with van der Waals surface area (Å²) in [7, 11) is 1.33. The zero-order chi connectivity index (χ0) is 11.5. The second kappa shape index (κ2) is 4.14. The molecule has 0 N–H and O–H groups in total. The van der Waals surface area contributed by atoms with E-state index in [1.165, 1.54) is 7.11 Å². The summed E-state index contributed by atoms with van der Waals surface area (Å²) >= 11 is 0. The van der Waals surface area contributed by atoms with Gasteiger partial charge in [-0.3, -0.25) is 0 Å². The van der Waals surface area contributed by atoms with E-state index in [1.807, 2.05) is 0 Å². The summed E-state index contributed by atoms with van der Waals surface area (Å²) in [5, 5.41) is 3.71. The molecule has 1 heterocycles. The van der Waals surface area contributed by atoms with Crippen LogP contribution in [0.1, 0.15) is 16.2 Å². The van der Waals surface area contributed by atoms with Gasteiger partial charge in [-0.1, -0.05) is 17.3 Å². The maximum atomic E-state index is 11.3. The van der Waals surface area contributed by atoms with Crippen molar-refractivity contribution < 1.29 is 14.1 Å². The molecule has 0 aliphatic rings. The molecule has 16 heavy (non-hydrogen) atoms. The van der Waals surface area contributed by atoms with Crippen LogP contribution in [-0.2, 0) is 4.74 Å². The maximum Gasteiger partial charge on any atom is 0.337 e. The molecule has 0 saturated carbocycles. The topological polar surface area (TPSA) is 65.2 Å². The third kappa shape index (κ3) is 1.93.